The van der Waals surface area contributed by atoms with Gasteiger partial charge in [0.2, 0.25) is 5.91 Å². The van der Waals surface area contributed by atoms with E-state index in [0.29, 0.717) is 19.7 Å². The lowest BCUT2D eigenvalue weighted by Crippen LogP contribution is -2.35. The Labute approximate surface area is 114 Å². The second-order valence-corrected chi connectivity index (χ2v) is 4.31. The number of ether oxygens (including phenoxy) is 1. The predicted molar refractivity (Wildman–Crippen MR) is 77.0 cm³/mol. The van der Waals surface area contributed by atoms with E-state index in [1.54, 1.807) is 7.11 Å². The van der Waals surface area contributed by atoms with Crippen LogP contribution in [-0.2, 0) is 16.1 Å². The summed E-state index contributed by atoms with van der Waals surface area (Å²) in [6.45, 7) is 5.07. The molecular formula is C14H23N3O2. The standard InChI is InChI=1S/C14H23N3O2/c1-3-17(7-8-19-2)11-14(18)16-13-6-4-5-12(9-13)10-15/h4-6,9H,3,7-8,10-11,15H2,1-2H3,(H,16,18). The molecule has 0 aliphatic carbocycles. The Morgan fingerprint density at radius 1 is 1.47 bits per heavy atom. The van der Waals surface area contributed by atoms with Crippen LogP contribution in [0.15, 0.2) is 24.3 Å². The van der Waals surface area contributed by atoms with Gasteiger partial charge in [-0.3, -0.25) is 9.69 Å². The third-order valence-corrected chi connectivity index (χ3v) is 2.87. The summed E-state index contributed by atoms with van der Waals surface area (Å²) >= 11 is 0. The molecule has 106 valence electrons. The van der Waals surface area contributed by atoms with Gasteiger partial charge in [-0.15, -0.1) is 0 Å². The molecule has 0 atom stereocenters. The minimum atomic E-state index is -0.0212. The molecule has 5 heteroatoms. The van der Waals surface area contributed by atoms with E-state index < -0.39 is 0 Å². The lowest BCUT2D eigenvalue weighted by molar-refractivity contribution is -0.117. The first-order chi connectivity index (χ1) is 9.19. The number of carbonyl (C=O) groups excluding carboxylic acids is 1. The second kappa shape index (κ2) is 8.63. The Hall–Kier alpha value is -1.43. The van der Waals surface area contributed by atoms with Gasteiger partial charge in [-0.1, -0.05) is 19.1 Å². The SMILES string of the molecule is CCN(CCOC)CC(=O)Nc1cccc(CN)c1. The molecule has 0 saturated heterocycles. The number of nitrogens with two attached hydrogens (primary N) is 1. The Balaban J connectivity index is 2.49. The van der Waals surface area contributed by atoms with Crippen LogP contribution in [0.5, 0.6) is 0 Å². The molecule has 5 nitrogen and oxygen atoms in total. The van der Waals surface area contributed by atoms with Crippen LogP contribution in [0.3, 0.4) is 0 Å². The van der Waals surface area contributed by atoms with Crippen molar-refractivity contribution in [3.05, 3.63) is 29.8 Å². The first-order valence-corrected chi connectivity index (χ1v) is 6.49. The number of hydrogen-bond acceptors (Lipinski definition) is 4. The number of anilines is 1. The summed E-state index contributed by atoms with van der Waals surface area (Å²) in [6.07, 6.45) is 0. The average Bonchev–Trinajstić information content (AvgIpc) is 2.43. The molecule has 0 bridgehead atoms. The maximum Gasteiger partial charge on any atom is 0.238 e. The Morgan fingerprint density at radius 3 is 2.89 bits per heavy atom. The predicted octanol–water partition coefficient (Wildman–Crippen LogP) is 1.05. The third-order valence-electron chi connectivity index (χ3n) is 2.87. The molecule has 0 fully saturated rings. The summed E-state index contributed by atoms with van der Waals surface area (Å²) in [5.74, 6) is -0.0212. The smallest absolute Gasteiger partial charge is 0.238 e. The van der Waals surface area contributed by atoms with Gasteiger partial charge >= 0.3 is 0 Å². The van der Waals surface area contributed by atoms with E-state index in [-0.39, 0.29) is 5.91 Å². The van der Waals surface area contributed by atoms with Crippen LogP contribution in [0.2, 0.25) is 0 Å². The van der Waals surface area contributed by atoms with E-state index in [9.17, 15) is 4.79 Å². The van der Waals surface area contributed by atoms with Gasteiger partial charge < -0.3 is 15.8 Å². The molecule has 0 radical (unpaired) electrons. The second-order valence-electron chi connectivity index (χ2n) is 4.31. The summed E-state index contributed by atoms with van der Waals surface area (Å²) in [6, 6.07) is 7.58. The summed E-state index contributed by atoms with van der Waals surface area (Å²) in [7, 11) is 1.66. The van der Waals surface area contributed by atoms with Crippen LogP contribution in [0.25, 0.3) is 0 Å². The number of benzene rings is 1. The van der Waals surface area contributed by atoms with Crippen molar-refractivity contribution in [3.63, 3.8) is 0 Å². The molecule has 0 heterocycles. The van der Waals surface area contributed by atoms with Gasteiger partial charge in [-0.2, -0.15) is 0 Å². The van der Waals surface area contributed by atoms with Crippen molar-refractivity contribution in [3.8, 4) is 0 Å². The fourth-order valence-corrected chi connectivity index (χ4v) is 1.75. The molecule has 0 aliphatic rings. The molecule has 0 spiro atoms. The number of amides is 1. The van der Waals surface area contributed by atoms with Crippen molar-refractivity contribution < 1.29 is 9.53 Å². The van der Waals surface area contributed by atoms with E-state index in [1.165, 1.54) is 0 Å². The van der Waals surface area contributed by atoms with Crippen LogP contribution >= 0.6 is 0 Å². The lowest BCUT2D eigenvalue weighted by Gasteiger charge is -2.19. The highest BCUT2D eigenvalue weighted by Crippen LogP contribution is 2.10. The highest BCUT2D eigenvalue weighted by Gasteiger charge is 2.09. The third kappa shape index (κ3) is 5.83. The van der Waals surface area contributed by atoms with E-state index >= 15 is 0 Å². The van der Waals surface area contributed by atoms with Gasteiger partial charge in [0, 0.05) is 25.9 Å². The topological polar surface area (TPSA) is 67.6 Å². The minimum absolute atomic E-state index is 0.0212. The van der Waals surface area contributed by atoms with Crippen LogP contribution in [-0.4, -0.2) is 44.2 Å². The fourth-order valence-electron chi connectivity index (χ4n) is 1.75. The molecule has 0 aromatic heterocycles. The highest BCUT2D eigenvalue weighted by atomic mass is 16.5. The summed E-state index contributed by atoms with van der Waals surface area (Å²) in [5, 5.41) is 2.88. The van der Waals surface area contributed by atoms with E-state index in [4.69, 9.17) is 10.5 Å². The molecular weight excluding hydrogens is 242 g/mol. The Kier molecular flexibility index (Phi) is 7.10. The van der Waals surface area contributed by atoms with Crippen molar-refractivity contribution in [2.45, 2.75) is 13.5 Å². The number of nitrogens with one attached hydrogen (secondary N) is 1. The van der Waals surface area contributed by atoms with E-state index in [2.05, 4.69) is 5.32 Å². The zero-order chi connectivity index (χ0) is 14.1. The van der Waals surface area contributed by atoms with Crippen LogP contribution in [0, 0.1) is 0 Å². The maximum atomic E-state index is 11.9. The fraction of sp³-hybridized carbons (Fsp3) is 0.500. The number of rotatable bonds is 8. The summed E-state index contributed by atoms with van der Waals surface area (Å²) in [4.78, 5) is 14.0. The Bertz CT molecular complexity index is 396. The number of carbonyl (C=O) groups is 1. The van der Waals surface area contributed by atoms with Crippen molar-refractivity contribution in [2.75, 3.05) is 38.7 Å². The zero-order valence-electron chi connectivity index (χ0n) is 11.7. The van der Waals surface area contributed by atoms with Gasteiger partial charge in [-0.25, -0.2) is 0 Å². The molecule has 1 aromatic carbocycles. The zero-order valence-corrected chi connectivity index (χ0v) is 11.7. The lowest BCUT2D eigenvalue weighted by atomic mass is 10.2. The monoisotopic (exact) mass is 265 g/mol. The summed E-state index contributed by atoms with van der Waals surface area (Å²) in [5.41, 5.74) is 7.36. The van der Waals surface area contributed by atoms with Crippen molar-refractivity contribution >= 4 is 11.6 Å². The molecule has 0 saturated carbocycles. The maximum absolute atomic E-state index is 11.9. The van der Waals surface area contributed by atoms with Crippen LogP contribution < -0.4 is 11.1 Å². The summed E-state index contributed by atoms with van der Waals surface area (Å²) < 4.78 is 5.02. The first kappa shape index (κ1) is 15.6. The molecule has 19 heavy (non-hydrogen) atoms. The Morgan fingerprint density at radius 2 is 2.26 bits per heavy atom. The average molecular weight is 265 g/mol. The van der Waals surface area contributed by atoms with Crippen molar-refractivity contribution in [1.82, 2.24) is 4.90 Å². The molecule has 0 unspecified atom stereocenters. The van der Waals surface area contributed by atoms with Gasteiger partial charge in [0.15, 0.2) is 0 Å². The number of likely N-dealkylation sites (N-methyl/N-ethyl adjacent to an activating group) is 1. The number of methoxy groups -OCH3 is 1. The van der Waals surface area contributed by atoms with Crippen molar-refractivity contribution in [1.29, 1.82) is 0 Å². The van der Waals surface area contributed by atoms with Gasteiger partial charge in [0.25, 0.3) is 0 Å². The molecule has 1 rings (SSSR count). The van der Waals surface area contributed by atoms with Gasteiger partial charge in [0.1, 0.15) is 0 Å². The minimum Gasteiger partial charge on any atom is -0.383 e. The van der Waals surface area contributed by atoms with Crippen LogP contribution in [0.1, 0.15) is 12.5 Å². The van der Waals surface area contributed by atoms with Crippen LogP contribution in [0.4, 0.5) is 5.69 Å². The van der Waals surface area contributed by atoms with Gasteiger partial charge in [0.05, 0.1) is 13.2 Å². The van der Waals surface area contributed by atoms with E-state index in [1.807, 2.05) is 36.1 Å². The van der Waals surface area contributed by atoms with Gasteiger partial charge in [-0.05, 0) is 24.2 Å². The highest BCUT2D eigenvalue weighted by molar-refractivity contribution is 5.92. The number of nitrogens with zero attached hydrogens (tertiary/aromatic N) is 1. The van der Waals surface area contributed by atoms with Crippen molar-refractivity contribution in [2.24, 2.45) is 5.73 Å². The quantitative estimate of drug-likeness (QED) is 0.737. The number of hydrogen-bond donors (Lipinski definition) is 2. The molecule has 1 aromatic rings. The molecule has 1 amide bonds. The van der Waals surface area contributed by atoms with E-state index in [0.717, 1.165) is 24.3 Å². The molecule has 3 N–H and O–H groups in total. The first-order valence-electron chi connectivity index (χ1n) is 6.49. The molecule has 0 aliphatic heterocycles. The normalized spacial score (nSPS) is 10.7. The largest absolute Gasteiger partial charge is 0.383 e.